The van der Waals surface area contributed by atoms with Crippen molar-refractivity contribution in [1.82, 2.24) is 0 Å². The van der Waals surface area contributed by atoms with E-state index in [1.165, 1.54) is 49.8 Å². The largest absolute Gasteiger partial charge is 1.00 e. The first kappa shape index (κ1) is 12.8. The zero-order valence-corrected chi connectivity index (χ0v) is 10.4. The van der Waals surface area contributed by atoms with Gasteiger partial charge in [-0.15, -0.1) is 0 Å². The maximum absolute atomic E-state index is 4.25. The molecule has 0 saturated carbocycles. The summed E-state index contributed by atoms with van der Waals surface area (Å²) in [4.78, 5) is 0. The van der Waals surface area contributed by atoms with Crippen molar-refractivity contribution in [2.24, 2.45) is 0 Å². The average molecular weight is 254 g/mol. The Hall–Kier alpha value is 0.790. The number of halogens is 1. The number of hydrogen-bond donors (Lipinski definition) is 1. The first-order valence-electron chi connectivity index (χ1n) is 4.71. The van der Waals surface area contributed by atoms with E-state index < -0.39 is 0 Å². The summed E-state index contributed by atoms with van der Waals surface area (Å²) in [6.45, 7) is 4.13. The van der Waals surface area contributed by atoms with Crippen LogP contribution in [0.15, 0.2) is 0 Å². The average Bonchev–Trinajstić information content (AvgIpc) is 2.03. The SMILES string of the molecule is C[N+]1(CCCS)CCCCC1.[Br-]. The summed E-state index contributed by atoms with van der Waals surface area (Å²) in [6.07, 6.45) is 5.60. The Labute approximate surface area is 92.3 Å². The van der Waals surface area contributed by atoms with E-state index in [4.69, 9.17) is 0 Å². The van der Waals surface area contributed by atoms with Crippen molar-refractivity contribution in [1.29, 1.82) is 0 Å². The molecule has 0 aromatic rings. The summed E-state index contributed by atoms with van der Waals surface area (Å²) in [7, 11) is 2.39. The van der Waals surface area contributed by atoms with E-state index >= 15 is 0 Å². The van der Waals surface area contributed by atoms with Crippen LogP contribution in [-0.4, -0.2) is 36.9 Å². The van der Waals surface area contributed by atoms with Crippen molar-refractivity contribution in [3.63, 3.8) is 0 Å². The lowest BCUT2D eigenvalue weighted by atomic mass is 10.1. The van der Waals surface area contributed by atoms with Gasteiger partial charge in [0.2, 0.25) is 0 Å². The third kappa shape index (κ3) is 4.15. The van der Waals surface area contributed by atoms with E-state index in [-0.39, 0.29) is 17.0 Å². The number of piperidine rings is 1. The highest BCUT2D eigenvalue weighted by molar-refractivity contribution is 7.80. The van der Waals surface area contributed by atoms with Crippen LogP contribution in [0.5, 0.6) is 0 Å². The van der Waals surface area contributed by atoms with Crippen LogP contribution in [0.3, 0.4) is 0 Å². The molecule has 0 radical (unpaired) electrons. The second-order valence-corrected chi connectivity index (χ2v) is 4.38. The highest BCUT2D eigenvalue weighted by Gasteiger charge is 2.23. The van der Waals surface area contributed by atoms with Crippen LogP contribution in [0.2, 0.25) is 0 Å². The molecule has 1 aliphatic rings. The fraction of sp³-hybridized carbons (Fsp3) is 1.00. The molecule has 1 heterocycles. The van der Waals surface area contributed by atoms with Gasteiger partial charge in [0.1, 0.15) is 0 Å². The summed E-state index contributed by atoms with van der Waals surface area (Å²) < 4.78 is 1.31. The maximum atomic E-state index is 4.25. The Kier molecular flexibility index (Phi) is 6.69. The molecular weight excluding hydrogens is 234 g/mol. The van der Waals surface area contributed by atoms with Crippen molar-refractivity contribution in [2.45, 2.75) is 25.7 Å². The van der Waals surface area contributed by atoms with Gasteiger partial charge in [0.25, 0.3) is 0 Å². The van der Waals surface area contributed by atoms with E-state index in [0.717, 1.165) is 5.75 Å². The van der Waals surface area contributed by atoms with E-state index in [1.807, 2.05) is 0 Å². The third-order valence-electron chi connectivity index (χ3n) is 2.75. The quantitative estimate of drug-likeness (QED) is 0.482. The third-order valence-corrected chi connectivity index (χ3v) is 3.07. The van der Waals surface area contributed by atoms with Gasteiger partial charge in [-0.3, -0.25) is 0 Å². The van der Waals surface area contributed by atoms with Gasteiger partial charge in [0.05, 0.1) is 26.7 Å². The van der Waals surface area contributed by atoms with Gasteiger partial charge in [-0.05, 0) is 25.0 Å². The summed E-state index contributed by atoms with van der Waals surface area (Å²) in [5.74, 6) is 1.05. The molecule has 1 fully saturated rings. The van der Waals surface area contributed by atoms with Crippen LogP contribution >= 0.6 is 12.6 Å². The zero-order valence-electron chi connectivity index (χ0n) is 7.93. The normalized spacial score (nSPS) is 21.5. The minimum atomic E-state index is 0. The molecule has 74 valence electrons. The monoisotopic (exact) mass is 253 g/mol. The first-order valence-corrected chi connectivity index (χ1v) is 5.34. The smallest absolute Gasteiger partial charge is 0.0792 e. The van der Waals surface area contributed by atoms with E-state index in [0.29, 0.717) is 0 Å². The predicted molar refractivity (Wildman–Crippen MR) is 53.1 cm³/mol. The van der Waals surface area contributed by atoms with E-state index in [9.17, 15) is 0 Å². The highest BCUT2D eigenvalue weighted by Crippen LogP contribution is 2.16. The number of quaternary nitrogens is 1. The molecule has 0 atom stereocenters. The summed E-state index contributed by atoms with van der Waals surface area (Å²) in [5.41, 5.74) is 0. The molecule has 0 bridgehead atoms. The Morgan fingerprint density at radius 2 is 1.75 bits per heavy atom. The molecule has 0 spiro atoms. The molecule has 0 unspecified atom stereocenters. The lowest BCUT2D eigenvalue weighted by Crippen LogP contribution is -3.00. The maximum Gasteiger partial charge on any atom is 0.0792 e. The van der Waals surface area contributed by atoms with Crippen molar-refractivity contribution >= 4 is 12.6 Å². The summed E-state index contributed by atoms with van der Waals surface area (Å²) in [6, 6.07) is 0. The molecule has 0 aromatic heterocycles. The highest BCUT2D eigenvalue weighted by atomic mass is 79.9. The Morgan fingerprint density at radius 3 is 2.25 bits per heavy atom. The molecule has 0 N–H and O–H groups in total. The van der Waals surface area contributed by atoms with Gasteiger partial charge in [0, 0.05) is 6.42 Å². The van der Waals surface area contributed by atoms with Crippen LogP contribution < -0.4 is 17.0 Å². The number of nitrogens with zero attached hydrogens (tertiary/aromatic N) is 1. The summed E-state index contributed by atoms with van der Waals surface area (Å²) in [5, 5.41) is 0. The van der Waals surface area contributed by atoms with Crippen molar-refractivity contribution in [3.8, 4) is 0 Å². The molecule has 1 aliphatic heterocycles. The molecule has 1 rings (SSSR count). The second kappa shape index (κ2) is 6.28. The Bertz CT molecular complexity index is 113. The lowest BCUT2D eigenvalue weighted by Gasteiger charge is -2.37. The van der Waals surface area contributed by atoms with E-state index in [2.05, 4.69) is 19.7 Å². The minimum absolute atomic E-state index is 0. The molecule has 0 aliphatic carbocycles. The molecule has 3 heteroatoms. The Morgan fingerprint density at radius 1 is 1.17 bits per heavy atom. The fourth-order valence-electron chi connectivity index (χ4n) is 1.95. The van der Waals surface area contributed by atoms with Crippen molar-refractivity contribution in [3.05, 3.63) is 0 Å². The molecule has 12 heavy (non-hydrogen) atoms. The Balaban J connectivity index is 0.00000121. The fourth-order valence-corrected chi connectivity index (χ4v) is 2.09. The van der Waals surface area contributed by atoms with Crippen LogP contribution in [0, 0.1) is 0 Å². The van der Waals surface area contributed by atoms with Crippen molar-refractivity contribution in [2.75, 3.05) is 32.4 Å². The first-order chi connectivity index (χ1) is 5.27. The molecular formula is C9H20BrNS. The number of rotatable bonds is 3. The predicted octanol–water partition coefficient (Wildman–Crippen LogP) is -1.06. The van der Waals surface area contributed by atoms with Crippen LogP contribution in [0.25, 0.3) is 0 Å². The van der Waals surface area contributed by atoms with Gasteiger partial charge in [0.15, 0.2) is 0 Å². The molecule has 0 aromatic carbocycles. The van der Waals surface area contributed by atoms with Crippen LogP contribution in [-0.2, 0) is 0 Å². The van der Waals surface area contributed by atoms with Gasteiger partial charge in [-0.1, -0.05) is 0 Å². The molecule has 1 nitrogen and oxygen atoms in total. The standard InChI is InChI=1S/C9H19NS.BrH/c1-10(8-5-9-11)6-3-2-4-7-10;/h2-9H2,1H3;1H. The van der Waals surface area contributed by atoms with Gasteiger partial charge in [-0.2, -0.15) is 12.6 Å². The lowest BCUT2D eigenvalue weighted by molar-refractivity contribution is -0.914. The summed E-state index contributed by atoms with van der Waals surface area (Å²) >= 11 is 4.25. The van der Waals surface area contributed by atoms with Crippen LogP contribution in [0.1, 0.15) is 25.7 Å². The topological polar surface area (TPSA) is 0 Å². The van der Waals surface area contributed by atoms with Gasteiger partial charge in [-0.25, -0.2) is 0 Å². The number of thiol groups is 1. The number of hydrogen-bond acceptors (Lipinski definition) is 1. The van der Waals surface area contributed by atoms with Crippen LogP contribution in [0.4, 0.5) is 0 Å². The zero-order chi connectivity index (χ0) is 8.16. The minimum Gasteiger partial charge on any atom is -1.00 e. The molecule has 1 saturated heterocycles. The molecule has 0 amide bonds. The number of likely N-dealkylation sites (tertiary alicyclic amines) is 1. The van der Waals surface area contributed by atoms with E-state index in [1.54, 1.807) is 0 Å². The van der Waals surface area contributed by atoms with Gasteiger partial charge < -0.3 is 21.5 Å². The van der Waals surface area contributed by atoms with Crippen molar-refractivity contribution < 1.29 is 21.5 Å². The van der Waals surface area contributed by atoms with Gasteiger partial charge >= 0.3 is 0 Å². The second-order valence-electron chi connectivity index (χ2n) is 3.93.